The normalized spacial score (nSPS) is 9.76. The summed E-state index contributed by atoms with van der Waals surface area (Å²) < 4.78 is 9.68. The SMILES string of the molecule is COC(=O)NCCCC(=O)Oc1ccc(-c2ccc(C#N)cc2)cc1. The Kier molecular flexibility index (Phi) is 6.55. The van der Waals surface area contributed by atoms with Gasteiger partial charge in [0.15, 0.2) is 0 Å². The van der Waals surface area contributed by atoms with Crippen molar-refractivity contribution in [2.24, 2.45) is 0 Å². The number of amides is 1. The fourth-order valence-corrected chi connectivity index (χ4v) is 2.13. The Bertz CT molecular complexity index is 762. The molecule has 0 unspecified atom stereocenters. The van der Waals surface area contributed by atoms with Crippen molar-refractivity contribution in [2.45, 2.75) is 12.8 Å². The molecule has 0 bridgehead atoms. The number of ether oxygens (including phenoxy) is 2. The molecule has 0 aliphatic heterocycles. The van der Waals surface area contributed by atoms with Gasteiger partial charge in [-0.3, -0.25) is 4.79 Å². The first-order valence-electron chi connectivity index (χ1n) is 7.75. The van der Waals surface area contributed by atoms with E-state index in [2.05, 4.69) is 16.1 Å². The summed E-state index contributed by atoms with van der Waals surface area (Å²) in [6, 6.07) is 16.5. The highest BCUT2D eigenvalue weighted by atomic mass is 16.5. The molecule has 0 radical (unpaired) electrons. The summed E-state index contributed by atoms with van der Waals surface area (Å²) in [6.45, 7) is 0.347. The summed E-state index contributed by atoms with van der Waals surface area (Å²) in [4.78, 5) is 22.6. The van der Waals surface area contributed by atoms with Crippen LogP contribution in [0, 0.1) is 11.3 Å². The maximum Gasteiger partial charge on any atom is 0.406 e. The molecule has 1 N–H and O–H groups in total. The van der Waals surface area contributed by atoms with Gasteiger partial charge in [-0.05, 0) is 41.8 Å². The fourth-order valence-electron chi connectivity index (χ4n) is 2.13. The molecule has 0 heterocycles. The van der Waals surface area contributed by atoms with Crippen molar-refractivity contribution in [1.82, 2.24) is 5.32 Å². The van der Waals surface area contributed by atoms with E-state index in [1.54, 1.807) is 24.3 Å². The molecule has 1 amide bonds. The quantitative estimate of drug-likeness (QED) is 0.496. The van der Waals surface area contributed by atoms with Gasteiger partial charge in [-0.1, -0.05) is 24.3 Å². The number of benzene rings is 2. The lowest BCUT2D eigenvalue weighted by Gasteiger charge is -2.07. The van der Waals surface area contributed by atoms with E-state index >= 15 is 0 Å². The predicted octanol–water partition coefficient (Wildman–Crippen LogP) is 3.27. The number of carbonyl (C=O) groups excluding carboxylic acids is 2. The number of nitrogens with zero attached hydrogens (tertiary/aromatic N) is 1. The van der Waals surface area contributed by atoms with Crippen LogP contribution in [0.25, 0.3) is 11.1 Å². The van der Waals surface area contributed by atoms with Gasteiger partial charge in [0.25, 0.3) is 0 Å². The molecule has 0 saturated carbocycles. The summed E-state index contributed by atoms with van der Waals surface area (Å²) in [7, 11) is 1.28. The van der Waals surface area contributed by atoms with Crippen LogP contribution in [0.4, 0.5) is 4.79 Å². The van der Waals surface area contributed by atoms with Crippen LogP contribution in [-0.2, 0) is 9.53 Å². The number of rotatable bonds is 6. The average Bonchev–Trinajstić information content (AvgIpc) is 2.65. The Hall–Kier alpha value is -3.33. The third-order valence-electron chi connectivity index (χ3n) is 3.45. The number of alkyl carbamates (subject to hydrolysis) is 1. The number of carbonyl (C=O) groups is 2. The summed E-state index contributed by atoms with van der Waals surface area (Å²) in [6.07, 6.45) is 0.144. The number of nitrogens with one attached hydrogen (secondary N) is 1. The van der Waals surface area contributed by atoms with Gasteiger partial charge in [-0.2, -0.15) is 5.26 Å². The van der Waals surface area contributed by atoms with Gasteiger partial charge in [-0.15, -0.1) is 0 Å². The zero-order chi connectivity index (χ0) is 18.1. The van der Waals surface area contributed by atoms with Crippen LogP contribution >= 0.6 is 0 Å². The molecule has 0 spiro atoms. The highest BCUT2D eigenvalue weighted by Gasteiger charge is 2.06. The average molecular weight is 338 g/mol. The zero-order valence-electron chi connectivity index (χ0n) is 13.8. The summed E-state index contributed by atoms with van der Waals surface area (Å²) in [5, 5.41) is 11.3. The first-order chi connectivity index (χ1) is 12.1. The Morgan fingerprint density at radius 1 is 1.04 bits per heavy atom. The van der Waals surface area contributed by atoms with Crippen LogP contribution in [0.3, 0.4) is 0 Å². The van der Waals surface area contributed by atoms with E-state index in [9.17, 15) is 9.59 Å². The second-order valence-corrected chi connectivity index (χ2v) is 5.21. The highest BCUT2D eigenvalue weighted by molar-refractivity contribution is 5.73. The largest absolute Gasteiger partial charge is 0.453 e. The minimum Gasteiger partial charge on any atom is -0.453 e. The van der Waals surface area contributed by atoms with E-state index in [-0.39, 0.29) is 12.4 Å². The van der Waals surface area contributed by atoms with E-state index in [4.69, 9.17) is 10.00 Å². The molecule has 0 aliphatic carbocycles. The van der Waals surface area contributed by atoms with Crippen molar-refractivity contribution in [3.05, 3.63) is 54.1 Å². The van der Waals surface area contributed by atoms with Crippen molar-refractivity contribution in [1.29, 1.82) is 5.26 Å². The molecular formula is C19H18N2O4. The minimum atomic E-state index is -0.522. The van der Waals surface area contributed by atoms with Crippen molar-refractivity contribution in [3.63, 3.8) is 0 Å². The molecule has 25 heavy (non-hydrogen) atoms. The second-order valence-electron chi connectivity index (χ2n) is 5.21. The Morgan fingerprint density at radius 3 is 2.20 bits per heavy atom. The third kappa shape index (κ3) is 5.66. The van der Waals surface area contributed by atoms with Crippen molar-refractivity contribution >= 4 is 12.1 Å². The van der Waals surface area contributed by atoms with Crippen molar-refractivity contribution in [2.75, 3.05) is 13.7 Å². The highest BCUT2D eigenvalue weighted by Crippen LogP contribution is 2.23. The lowest BCUT2D eigenvalue weighted by molar-refractivity contribution is -0.134. The lowest BCUT2D eigenvalue weighted by atomic mass is 10.0. The third-order valence-corrected chi connectivity index (χ3v) is 3.45. The first kappa shape index (κ1) is 18.0. The van der Waals surface area contributed by atoms with Crippen LogP contribution in [0.15, 0.2) is 48.5 Å². The van der Waals surface area contributed by atoms with Gasteiger partial charge in [0.05, 0.1) is 18.7 Å². The monoisotopic (exact) mass is 338 g/mol. The molecule has 0 aromatic heterocycles. The van der Waals surface area contributed by atoms with Gasteiger partial charge in [0.2, 0.25) is 0 Å². The number of esters is 1. The molecule has 0 saturated heterocycles. The Balaban J connectivity index is 1.84. The summed E-state index contributed by atoms with van der Waals surface area (Å²) in [5.74, 6) is 0.0983. The molecule has 0 atom stereocenters. The van der Waals surface area contributed by atoms with Gasteiger partial charge < -0.3 is 14.8 Å². The van der Waals surface area contributed by atoms with E-state index in [1.807, 2.05) is 24.3 Å². The van der Waals surface area contributed by atoms with E-state index < -0.39 is 6.09 Å². The minimum absolute atomic E-state index is 0.196. The molecule has 0 fully saturated rings. The van der Waals surface area contributed by atoms with Gasteiger partial charge >= 0.3 is 12.1 Å². The number of methoxy groups -OCH3 is 1. The molecule has 6 nitrogen and oxygen atoms in total. The van der Waals surface area contributed by atoms with Crippen molar-refractivity contribution < 1.29 is 19.1 Å². The van der Waals surface area contributed by atoms with Crippen LogP contribution in [-0.4, -0.2) is 25.7 Å². The van der Waals surface area contributed by atoms with Gasteiger partial charge in [0, 0.05) is 13.0 Å². The molecule has 2 rings (SSSR count). The predicted molar refractivity (Wildman–Crippen MR) is 91.9 cm³/mol. The van der Waals surface area contributed by atoms with Crippen LogP contribution in [0.1, 0.15) is 18.4 Å². The maximum absolute atomic E-state index is 11.8. The van der Waals surface area contributed by atoms with E-state index in [0.29, 0.717) is 24.3 Å². The topological polar surface area (TPSA) is 88.4 Å². The van der Waals surface area contributed by atoms with E-state index in [1.165, 1.54) is 7.11 Å². The van der Waals surface area contributed by atoms with Crippen LogP contribution in [0.2, 0.25) is 0 Å². The van der Waals surface area contributed by atoms with Crippen LogP contribution < -0.4 is 10.1 Å². The van der Waals surface area contributed by atoms with Crippen LogP contribution in [0.5, 0.6) is 5.75 Å². The zero-order valence-corrected chi connectivity index (χ0v) is 13.8. The van der Waals surface area contributed by atoms with E-state index in [0.717, 1.165) is 11.1 Å². The molecule has 0 aliphatic rings. The molecule has 6 heteroatoms. The molecule has 2 aromatic rings. The van der Waals surface area contributed by atoms with Gasteiger partial charge in [-0.25, -0.2) is 4.79 Å². The summed E-state index contributed by atoms with van der Waals surface area (Å²) in [5.41, 5.74) is 2.55. The second kappa shape index (κ2) is 9.08. The maximum atomic E-state index is 11.8. The molecule has 128 valence electrons. The smallest absolute Gasteiger partial charge is 0.406 e. The Morgan fingerprint density at radius 2 is 1.64 bits per heavy atom. The molecule has 2 aromatic carbocycles. The summed E-state index contributed by atoms with van der Waals surface area (Å²) >= 11 is 0. The number of hydrogen-bond donors (Lipinski definition) is 1. The van der Waals surface area contributed by atoms with Gasteiger partial charge in [0.1, 0.15) is 5.75 Å². The Labute approximate surface area is 146 Å². The van der Waals surface area contributed by atoms with Crippen molar-refractivity contribution in [3.8, 4) is 22.9 Å². The number of nitriles is 1. The first-order valence-corrected chi connectivity index (χ1v) is 7.75. The fraction of sp³-hybridized carbons (Fsp3) is 0.211. The number of hydrogen-bond acceptors (Lipinski definition) is 5. The standard InChI is InChI=1S/C19H18N2O4/c1-24-19(23)21-12-2-3-18(22)25-17-10-8-16(9-11-17)15-6-4-14(13-20)5-7-15/h4-11H,2-3,12H2,1H3,(H,21,23). The molecular weight excluding hydrogens is 320 g/mol. The lowest BCUT2D eigenvalue weighted by Crippen LogP contribution is -2.24.